The lowest BCUT2D eigenvalue weighted by Crippen LogP contribution is -2.43. The summed E-state index contributed by atoms with van der Waals surface area (Å²) >= 11 is 0. The van der Waals surface area contributed by atoms with Gasteiger partial charge in [-0.2, -0.15) is 0 Å². The van der Waals surface area contributed by atoms with Gasteiger partial charge in [0.25, 0.3) is 5.91 Å². The van der Waals surface area contributed by atoms with Crippen molar-refractivity contribution in [1.82, 2.24) is 15.8 Å². The summed E-state index contributed by atoms with van der Waals surface area (Å²) in [5, 5.41) is 8.14. The summed E-state index contributed by atoms with van der Waals surface area (Å²) in [4.78, 5) is 35.3. The molecule has 0 aliphatic carbocycles. The summed E-state index contributed by atoms with van der Waals surface area (Å²) in [5.41, 5.74) is 1.71. The molecule has 156 valence electrons. The van der Waals surface area contributed by atoms with E-state index in [1.54, 1.807) is 13.0 Å². The van der Waals surface area contributed by atoms with Gasteiger partial charge in [-0.05, 0) is 39.0 Å². The zero-order valence-electron chi connectivity index (χ0n) is 16.8. The van der Waals surface area contributed by atoms with Crippen LogP contribution in [0.1, 0.15) is 34.3 Å². The van der Waals surface area contributed by atoms with Gasteiger partial charge in [0.05, 0.1) is 23.9 Å². The second-order valence-electron chi connectivity index (χ2n) is 6.07. The number of ether oxygens (including phenoxy) is 3. The van der Waals surface area contributed by atoms with Crippen molar-refractivity contribution in [2.75, 3.05) is 14.2 Å². The van der Waals surface area contributed by atoms with Gasteiger partial charge < -0.3 is 24.1 Å². The Morgan fingerprint density at radius 3 is 2.52 bits per heavy atom. The second-order valence-corrected chi connectivity index (χ2v) is 6.07. The third kappa shape index (κ3) is 5.47. The van der Waals surface area contributed by atoms with Crippen LogP contribution in [-0.2, 0) is 16.1 Å². The molecule has 1 heterocycles. The van der Waals surface area contributed by atoms with Crippen LogP contribution in [0.15, 0.2) is 22.7 Å². The summed E-state index contributed by atoms with van der Waals surface area (Å²) in [7, 11) is 2.80. The smallest absolute Gasteiger partial charge is 0.339 e. The monoisotopic (exact) mass is 405 g/mol. The van der Waals surface area contributed by atoms with Crippen LogP contribution in [0.2, 0.25) is 0 Å². The molecule has 10 nitrogen and oxygen atoms in total. The third-order valence-electron chi connectivity index (χ3n) is 4.07. The molecule has 0 saturated heterocycles. The number of nitrogens with zero attached hydrogens (tertiary/aromatic N) is 1. The maximum atomic E-state index is 12.3. The van der Waals surface area contributed by atoms with Gasteiger partial charge >= 0.3 is 12.0 Å². The Balaban J connectivity index is 2.06. The fourth-order valence-electron chi connectivity index (χ4n) is 2.33. The van der Waals surface area contributed by atoms with E-state index >= 15 is 0 Å². The van der Waals surface area contributed by atoms with Gasteiger partial charge in [-0.25, -0.2) is 9.59 Å². The van der Waals surface area contributed by atoms with Crippen molar-refractivity contribution in [1.29, 1.82) is 0 Å². The molecule has 0 radical (unpaired) electrons. The minimum Gasteiger partial charge on any atom is -0.493 e. The molecule has 2 aromatic rings. The van der Waals surface area contributed by atoms with E-state index in [4.69, 9.17) is 18.7 Å². The molecular formula is C19H23N3O7. The van der Waals surface area contributed by atoms with Crippen LogP contribution in [0, 0.1) is 13.8 Å². The van der Waals surface area contributed by atoms with Crippen molar-refractivity contribution in [3.05, 3.63) is 40.8 Å². The molecule has 0 aliphatic heterocycles. The molecule has 10 heteroatoms. The van der Waals surface area contributed by atoms with Crippen LogP contribution in [-0.4, -0.2) is 43.3 Å². The number of urea groups is 1. The Morgan fingerprint density at radius 1 is 1.21 bits per heavy atom. The maximum absolute atomic E-state index is 12.3. The summed E-state index contributed by atoms with van der Waals surface area (Å²) in [6.45, 7) is 5.18. The molecule has 2 N–H and O–H groups in total. The van der Waals surface area contributed by atoms with Gasteiger partial charge in [-0.1, -0.05) is 5.16 Å². The number of aromatic nitrogens is 1. The van der Waals surface area contributed by atoms with E-state index in [-0.39, 0.29) is 12.2 Å². The van der Waals surface area contributed by atoms with Crippen molar-refractivity contribution in [3.8, 4) is 11.5 Å². The van der Waals surface area contributed by atoms with E-state index in [1.807, 2.05) is 12.2 Å². The van der Waals surface area contributed by atoms with Crippen molar-refractivity contribution in [2.45, 2.75) is 33.5 Å². The number of methoxy groups -OCH3 is 1. The number of esters is 1. The highest BCUT2D eigenvalue weighted by molar-refractivity contribution is 5.98. The number of carbonyl (C=O) groups is 3. The summed E-state index contributed by atoms with van der Waals surface area (Å²) in [6.07, 6.45) is -1.17. The highest BCUT2D eigenvalue weighted by atomic mass is 16.5. The number of nitrogens with one attached hydrogen (secondary N) is 2. The lowest BCUT2D eigenvalue weighted by molar-refractivity contribution is -0.127. The van der Waals surface area contributed by atoms with Crippen LogP contribution < -0.4 is 20.1 Å². The Labute approximate surface area is 167 Å². The second kappa shape index (κ2) is 9.58. The average Bonchev–Trinajstić information content (AvgIpc) is 3.03. The quantitative estimate of drug-likeness (QED) is 0.668. The number of carbonyl (C=O) groups excluding carboxylic acids is 3. The fourth-order valence-corrected chi connectivity index (χ4v) is 2.33. The minimum absolute atomic E-state index is 0.158. The number of benzene rings is 1. The number of hydrogen-bond donors (Lipinski definition) is 2. The van der Waals surface area contributed by atoms with Crippen molar-refractivity contribution < 1.29 is 33.1 Å². The summed E-state index contributed by atoms with van der Waals surface area (Å²) in [6, 6.07) is 3.79. The molecule has 2 rings (SSSR count). The zero-order chi connectivity index (χ0) is 21.6. The number of aryl methyl sites for hydroxylation is 2. The molecule has 1 aromatic carbocycles. The maximum Gasteiger partial charge on any atom is 0.339 e. The highest BCUT2D eigenvalue weighted by Gasteiger charge is 2.21. The molecule has 0 bridgehead atoms. The van der Waals surface area contributed by atoms with Crippen molar-refractivity contribution >= 4 is 17.9 Å². The lowest BCUT2D eigenvalue weighted by Gasteiger charge is -2.14. The first-order valence-corrected chi connectivity index (χ1v) is 8.73. The van der Waals surface area contributed by atoms with Crippen LogP contribution in [0.3, 0.4) is 0 Å². The molecule has 1 aromatic heterocycles. The van der Waals surface area contributed by atoms with Gasteiger partial charge in [0.2, 0.25) is 0 Å². The molecule has 0 saturated carbocycles. The standard InChI is InChI=1S/C19H23N3O7/c1-10-14(11(2)29-22-10)9-27-15-7-6-13(8-16(15)26-5)18(24)28-12(3)17(23)21-19(25)20-4/h6-8,12H,9H2,1-5H3,(H2,20,21,23,25)/t12-/m1/s1. The van der Waals surface area contributed by atoms with E-state index in [0.29, 0.717) is 17.3 Å². The third-order valence-corrected chi connectivity index (χ3v) is 4.07. The predicted molar refractivity (Wildman–Crippen MR) is 101 cm³/mol. The van der Waals surface area contributed by atoms with Gasteiger partial charge in [0.15, 0.2) is 17.6 Å². The number of imide groups is 1. The summed E-state index contributed by atoms with van der Waals surface area (Å²) < 4.78 is 21.2. The van der Waals surface area contributed by atoms with Gasteiger partial charge in [0, 0.05) is 7.05 Å². The van der Waals surface area contributed by atoms with Crippen LogP contribution in [0.4, 0.5) is 4.79 Å². The van der Waals surface area contributed by atoms with Crippen molar-refractivity contribution in [3.63, 3.8) is 0 Å². The first kappa shape index (κ1) is 21.7. The molecule has 0 aliphatic rings. The first-order chi connectivity index (χ1) is 13.8. The molecular weight excluding hydrogens is 382 g/mol. The number of amides is 3. The highest BCUT2D eigenvalue weighted by Crippen LogP contribution is 2.30. The van der Waals surface area contributed by atoms with E-state index in [1.165, 1.54) is 33.2 Å². The predicted octanol–water partition coefficient (Wildman–Crippen LogP) is 1.88. The molecule has 1 atom stereocenters. The Kier molecular flexibility index (Phi) is 7.18. The number of rotatable bonds is 7. The van der Waals surface area contributed by atoms with E-state index in [0.717, 1.165) is 11.3 Å². The average molecular weight is 405 g/mol. The van der Waals surface area contributed by atoms with Crippen LogP contribution >= 0.6 is 0 Å². The topological polar surface area (TPSA) is 129 Å². The molecule has 0 fully saturated rings. The zero-order valence-corrected chi connectivity index (χ0v) is 16.8. The Bertz CT molecular complexity index is 888. The number of hydrogen-bond acceptors (Lipinski definition) is 8. The first-order valence-electron chi connectivity index (χ1n) is 8.73. The van der Waals surface area contributed by atoms with Crippen LogP contribution in [0.5, 0.6) is 11.5 Å². The normalized spacial score (nSPS) is 11.3. The van der Waals surface area contributed by atoms with Gasteiger partial charge in [-0.3, -0.25) is 10.1 Å². The van der Waals surface area contributed by atoms with E-state index < -0.39 is 24.0 Å². The molecule has 0 unspecified atom stereocenters. The summed E-state index contributed by atoms with van der Waals surface area (Å²) in [5.74, 6) is -0.113. The van der Waals surface area contributed by atoms with Crippen LogP contribution in [0.25, 0.3) is 0 Å². The van der Waals surface area contributed by atoms with E-state index in [9.17, 15) is 14.4 Å². The molecule has 0 spiro atoms. The minimum atomic E-state index is -1.17. The Hall–Kier alpha value is -3.56. The SMILES string of the molecule is CNC(=O)NC(=O)[C@@H](C)OC(=O)c1ccc(OCc2c(C)noc2C)c(OC)c1. The largest absolute Gasteiger partial charge is 0.493 e. The fraction of sp³-hybridized carbons (Fsp3) is 0.368. The van der Waals surface area contributed by atoms with Crippen molar-refractivity contribution in [2.24, 2.45) is 0 Å². The van der Waals surface area contributed by atoms with Gasteiger partial charge in [0.1, 0.15) is 12.4 Å². The Morgan fingerprint density at radius 2 is 1.93 bits per heavy atom. The lowest BCUT2D eigenvalue weighted by atomic mass is 10.2. The van der Waals surface area contributed by atoms with Gasteiger partial charge in [-0.15, -0.1) is 0 Å². The molecule has 3 amide bonds. The van der Waals surface area contributed by atoms with E-state index in [2.05, 4.69) is 10.5 Å². The molecule has 29 heavy (non-hydrogen) atoms.